The summed E-state index contributed by atoms with van der Waals surface area (Å²) in [6.07, 6.45) is 5.51. The molecule has 0 aromatic carbocycles. The van der Waals surface area contributed by atoms with Crippen LogP contribution >= 0.6 is 0 Å². The Labute approximate surface area is 144 Å². The van der Waals surface area contributed by atoms with Gasteiger partial charge in [-0.1, -0.05) is 0 Å². The van der Waals surface area contributed by atoms with Crippen LogP contribution in [0.1, 0.15) is 13.8 Å². The van der Waals surface area contributed by atoms with Crippen molar-refractivity contribution in [3.8, 4) is 0 Å². The molecule has 25 heavy (non-hydrogen) atoms. The van der Waals surface area contributed by atoms with Gasteiger partial charge in [0.1, 0.15) is 17.8 Å². The van der Waals surface area contributed by atoms with Crippen LogP contribution in [0, 0.1) is 0 Å². The third kappa shape index (κ3) is 3.09. The van der Waals surface area contributed by atoms with Crippen LogP contribution in [-0.4, -0.2) is 61.7 Å². The van der Waals surface area contributed by atoms with E-state index in [4.69, 9.17) is 0 Å². The van der Waals surface area contributed by atoms with Gasteiger partial charge in [-0.25, -0.2) is 27.6 Å². The van der Waals surface area contributed by atoms with Crippen LogP contribution < -0.4 is 0 Å². The summed E-state index contributed by atoms with van der Waals surface area (Å²) in [4.78, 5) is 21.5. The Morgan fingerprint density at radius 2 is 2.00 bits per heavy atom. The van der Waals surface area contributed by atoms with Gasteiger partial charge in [0.05, 0.1) is 6.20 Å². The van der Waals surface area contributed by atoms with Gasteiger partial charge < -0.3 is 4.90 Å². The second-order valence-corrected chi connectivity index (χ2v) is 7.00. The number of hydrogen-bond acceptors (Lipinski definition) is 7. The Morgan fingerprint density at radius 3 is 2.72 bits per heavy atom. The summed E-state index contributed by atoms with van der Waals surface area (Å²) in [7, 11) is -3.98. The Bertz CT molecular complexity index is 1000. The number of carbonyl (C=O) groups is 1. The first-order chi connectivity index (χ1) is 12.0. The van der Waals surface area contributed by atoms with E-state index in [-0.39, 0.29) is 28.2 Å². The lowest BCUT2D eigenvalue weighted by molar-refractivity contribution is -0.131. The highest BCUT2D eigenvalue weighted by Gasteiger charge is 2.27. The van der Waals surface area contributed by atoms with Crippen molar-refractivity contribution in [1.29, 1.82) is 0 Å². The van der Waals surface area contributed by atoms with E-state index in [1.807, 2.05) is 13.8 Å². The van der Waals surface area contributed by atoms with E-state index >= 15 is 0 Å². The Morgan fingerprint density at radius 1 is 1.24 bits per heavy atom. The van der Waals surface area contributed by atoms with Crippen molar-refractivity contribution in [1.82, 2.24) is 34.3 Å². The lowest BCUT2D eigenvalue weighted by Crippen LogP contribution is -2.33. The van der Waals surface area contributed by atoms with Crippen molar-refractivity contribution < 1.29 is 13.2 Å². The topological polar surface area (TPSA) is 115 Å². The summed E-state index contributed by atoms with van der Waals surface area (Å²) in [6, 6.07) is 1.64. The number of sulfone groups is 1. The zero-order valence-corrected chi connectivity index (χ0v) is 14.6. The maximum absolute atomic E-state index is 12.7. The maximum Gasteiger partial charge on any atom is 0.271 e. The summed E-state index contributed by atoms with van der Waals surface area (Å²) in [6.45, 7) is 4.82. The molecule has 1 amide bonds. The first-order valence-corrected chi connectivity index (χ1v) is 9.16. The molecule has 10 nitrogen and oxygen atoms in total. The smallest absolute Gasteiger partial charge is 0.271 e. The van der Waals surface area contributed by atoms with Gasteiger partial charge in [-0.05, 0) is 19.9 Å². The molecule has 0 aliphatic rings. The molecule has 0 saturated heterocycles. The first kappa shape index (κ1) is 17.0. The summed E-state index contributed by atoms with van der Waals surface area (Å²) >= 11 is 0. The Kier molecular flexibility index (Phi) is 4.49. The number of aromatic nitrogens is 6. The number of nitrogens with zero attached hydrogens (tertiary/aromatic N) is 7. The molecule has 0 spiro atoms. The van der Waals surface area contributed by atoms with Crippen LogP contribution in [0.15, 0.2) is 41.0 Å². The number of fused-ring (bicyclic) bond motifs is 1. The Hall–Kier alpha value is -2.82. The van der Waals surface area contributed by atoms with Gasteiger partial charge in [-0.3, -0.25) is 4.79 Å². The lowest BCUT2D eigenvalue weighted by Gasteiger charge is -2.17. The predicted molar refractivity (Wildman–Crippen MR) is 86.4 cm³/mol. The zero-order valence-electron chi connectivity index (χ0n) is 13.8. The average Bonchev–Trinajstić information content (AvgIpc) is 3.23. The molecule has 0 unspecified atom stereocenters. The molecule has 132 valence electrons. The van der Waals surface area contributed by atoms with Crippen LogP contribution in [0.25, 0.3) is 5.65 Å². The minimum atomic E-state index is -3.98. The van der Waals surface area contributed by atoms with E-state index in [1.54, 1.807) is 17.2 Å². The molecular weight excluding hydrogens is 346 g/mol. The van der Waals surface area contributed by atoms with Crippen molar-refractivity contribution in [2.24, 2.45) is 0 Å². The number of amides is 1. The molecule has 0 atom stereocenters. The van der Waals surface area contributed by atoms with Crippen molar-refractivity contribution in [3.63, 3.8) is 0 Å². The second-order valence-electron chi connectivity index (χ2n) is 5.19. The van der Waals surface area contributed by atoms with Crippen molar-refractivity contribution in [3.05, 3.63) is 31.0 Å². The van der Waals surface area contributed by atoms with Crippen LogP contribution in [0.4, 0.5) is 0 Å². The number of likely N-dealkylation sites (N-methyl/N-ethyl adjacent to an activating group) is 1. The average molecular weight is 363 g/mol. The summed E-state index contributed by atoms with van der Waals surface area (Å²) in [5.41, 5.74) is 0.193. The molecule has 0 bridgehead atoms. The molecule has 3 heterocycles. The third-order valence-electron chi connectivity index (χ3n) is 3.71. The van der Waals surface area contributed by atoms with Crippen LogP contribution in [0.2, 0.25) is 0 Å². The molecule has 0 aliphatic carbocycles. The predicted octanol–water partition coefficient (Wildman–Crippen LogP) is 0.0220. The van der Waals surface area contributed by atoms with Crippen LogP contribution in [0.5, 0.6) is 0 Å². The maximum atomic E-state index is 12.7. The molecule has 0 N–H and O–H groups in total. The SMILES string of the molecule is CCN(CC)C(=O)Cn1cnc(S(=O)(=O)c2cnn3cccnc23)n1. The van der Waals surface area contributed by atoms with Gasteiger partial charge in [-0.15, -0.1) is 5.10 Å². The Balaban J connectivity index is 1.90. The highest BCUT2D eigenvalue weighted by Crippen LogP contribution is 2.20. The lowest BCUT2D eigenvalue weighted by atomic mass is 10.4. The molecule has 0 fully saturated rings. The van der Waals surface area contributed by atoms with Gasteiger partial charge in [0.25, 0.3) is 5.16 Å². The standard InChI is InChI=1S/C14H17N7O3S/c1-3-19(4-2)12(22)9-20-10-16-14(18-20)25(23,24)11-8-17-21-7-5-6-15-13(11)21/h5-8,10H,3-4,9H2,1-2H3. The molecule has 11 heteroatoms. The first-order valence-electron chi connectivity index (χ1n) is 7.68. The quantitative estimate of drug-likeness (QED) is 0.606. The molecule has 0 saturated carbocycles. The van der Waals surface area contributed by atoms with Gasteiger partial charge in [0.15, 0.2) is 5.65 Å². The highest BCUT2D eigenvalue weighted by atomic mass is 32.2. The number of hydrogen-bond donors (Lipinski definition) is 0. The normalized spacial score (nSPS) is 11.8. The molecule has 0 radical (unpaired) electrons. The minimum absolute atomic E-state index is 0.0722. The van der Waals surface area contributed by atoms with Crippen molar-refractivity contribution in [2.45, 2.75) is 30.4 Å². The van der Waals surface area contributed by atoms with E-state index in [9.17, 15) is 13.2 Å². The fourth-order valence-corrected chi connectivity index (χ4v) is 3.55. The van der Waals surface area contributed by atoms with E-state index in [1.165, 1.54) is 27.9 Å². The molecule has 3 aromatic heterocycles. The van der Waals surface area contributed by atoms with Crippen LogP contribution in [-0.2, 0) is 21.2 Å². The highest BCUT2D eigenvalue weighted by molar-refractivity contribution is 7.91. The fraction of sp³-hybridized carbons (Fsp3) is 0.357. The summed E-state index contributed by atoms with van der Waals surface area (Å²) in [5.74, 6) is -0.156. The molecule has 3 aromatic rings. The van der Waals surface area contributed by atoms with Gasteiger partial charge in [0, 0.05) is 25.5 Å². The molecular formula is C14H17N7O3S. The largest absolute Gasteiger partial charge is 0.342 e. The summed E-state index contributed by atoms with van der Waals surface area (Å²) in [5, 5.41) is 7.52. The van der Waals surface area contributed by atoms with E-state index < -0.39 is 9.84 Å². The molecule has 0 aliphatic heterocycles. The van der Waals surface area contributed by atoms with E-state index in [0.717, 1.165) is 0 Å². The van der Waals surface area contributed by atoms with Gasteiger partial charge in [0.2, 0.25) is 15.7 Å². The van der Waals surface area contributed by atoms with E-state index in [0.29, 0.717) is 13.1 Å². The summed E-state index contributed by atoms with van der Waals surface area (Å²) < 4.78 is 28.0. The number of rotatable bonds is 6. The van der Waals surface area contributed by atoms with Crippen LogP contribution in [0.3, 0.4) is 0 Å². The third-order valence-corrected chi connectivity index (χ3v) is 5.24. The zero-order chi connectivity index (χ0) is 18.0. The number of carbonyl (C=O) groups excluding carboxylic acids is 1. The monoisotopic (exact) mass is 363 g/mol. The van der Waals surface area contributed by atoms with Crippen molar-refractivity contribution >= 4 is 21.4 Å². The minimum Gasteiger partial charge on any atom is -0.342 e. The fourth-order valence-electron chi connectivity index (χ4n) is 2.39. The second kappa shape index (κ2) is 6.59. The van der Waals surface area contributed by atoms with E-state index in [2.05, 4.69) is 20.2 Å². The van der Waals surface area contributed by atoms with Crippen molar-refractivity contribution in [2.75, 3.05) is 13.1 Å². The van der Waals surface area contributed by atoms with Gasteiger partial charge >= 0.3 is 0 Å². The van der Waals surface area contributed by atoms with Gasteiger partial charge in [-0.2, -0.15) is 5.10 Å². The molecule has 3 rings (SSSR count).